The van der Waals surface area contributed by atoms with Crippen LogP contribution in [0.25, 0.3) is 26.9 Å². The van der Waals surface area contributed by atoms with E-state index >= 15 is 0 Å². The van der Waals surface area contributed by atoms with Crippen LogP contribution in [-0.4, -0.2) is 18.1 Å². The standard InChI is InChI=1S/C18H12N2O2/c1-19-14-6-3-12(4-7-14)15-9-10-20-17-8-5-13(11-16(15)17)18(21)22-2/h3-11H,2H3. The number of esters is 1. The zero-order valence-corrected chi connectivity index (χ0v) is 11.9. The number of fused-ring (bicyclic) bond motifs is 1. The lowest BCUT2D eigenvalue weighted by Crippen LogP contribution is -2.01. The molecular formula is C18H12N2O2. The first-order valence-corrected chi connectivity index (χ1v) is 6.68. The Morgan fingerprint density at radius 1 is 1.14 bits per heavy atom. The number of benzene rings is 2. The number of hydrogen-bond acceptors (Lipinski definition) is 3. The zero-order valence-electron chi connectivity index (χ0n) is 11.9. The van der Waals surface area contributed by atoms with Gasteiger partial charge >= 0.3 is 5.97 Å². The summed E-state index contributed by atoms with van der Waals surface area (Å²) in [7, 11) is 1.36. The summed E-state index contributed by atoms with van der Waals surface area (Å²) in [5, 5.41) is 0.876. The van der Waals surface area contributed by atoms with Crippen molar-refractivity contribution in [2.75, 3.05) is 7.11 Å². The highest BCUT2D eigenvalue weighted by atomic mass is 16.5. The van der Waals surface area contributed by atoms with Crippen LogP contribution in [0.15, 0.2) is 54.7 Å². The Balaban J connectivity index is 2.19. The van der Waals surface area contributed by atoms with Crippen molar-refractivity contribution in [1.82, 2.24) is 4.98 Å². The summed E-state index contributed by atoms with van der Waals surface area (Å²) in [5.41, 5.74) is 3.83. The van der Waals surface area contributed by atoms with Gasteiger partial charge in [-0.05, 0) is 35.4 Å². The Hall–Kier alpha value is -3.19. The normalized spacial score (nSPS) is 10.2. The van der Waals surface area contributed by atoms with Crippen LogP contribution in [-0.2, 0) is 4.74 Å². The molecule has 0 fully saturated rings. The summed E-state index contributed by atoms with van der Waals surface area (Å²) in [6.07, 6.45) is 1.73. The molecule has 4 heteroatoms. The molecule has 0 saturated carbocycles. The summed E-state index contributed by atoms with van der Waals surface area (Å²) in [6.45, 7) is 7.01. The van der Waals surface area contributed by atoms with Crippen LogP contribution < -0.4 is 0 Å². The van der Waals surface area contributed by atoms with E-state index in [4.69, 9.17) is 11.3 Å². The van der Waals surface area contributed by atoms with Gasteiger partial charge in [-0.1, -0.05) is 24.3 Å². The molecule has 0 radical (unpaired) electrons. The third-order valence-corrected chi connectivity index (χ3v) is 3.47. The van der Waals surface area contributed by atoms with Crippen LogP contribution in [0.2, 0.25) is 0 Å². The maximum Gasteiger partial charge on any atom is 0.337 e. The van der Waals surface area contributed by atoms with E-state index in [9.17, 15) is 4.79 Å². The molecule has 0 saturated heterocycles. The maximum atomic E-state index is 11.7. The molecule has 0 N–H and O–H groups in total. The molecule has 2 aromatic carbocycles. The number of pyridine rings is 1. The average Bonchev–Trinajstić information content (AvgIpc) is 2.60. The molecule has 0 amide bonds. The molecule has 3 rings (SSSR count). The molecule has 0 atom stereocenters. The van der Waals surface area contributed by atoms with E-state index in [0.717, 1.165) is 22.0 Å². The number of carbonyl (C=O) groups is 1. The summed E-state index contributed by atoms with van der Waals surface area (Å²) >= 11 is 0. The van der Waals surface area contributed by atoms with Gasteiger partial charge in [-0.2, -0.15) is 0 Å². The van der Waals surface area contributed by atoms with E-state index < -0.39 is 0 Å². The summed E-state index contributed by atoms with van der Waals surface area (Å²) < 4.78 is 4.77. The summed E-state index contributed by atoms with van der Waals surface area (Å²) in [5.74, 6) is -0.375. The van der Waals surface area contributed by atoms with Crippen molar-refractivity contribution < 1.29 is 9.53 Å². The van der Waals surface area contributed by atoms with Crippen LogP contribution in [0.1, 0.15) is 10.4 Å². The number of ether oxygens (including phenoxy) is 1. The minimum atomic E-state index is -0.375. The van der Waals surface area contributed by atoms with Crippen LogP contribution >= 0.6 is 0 Å². The van der Waals surface area contributed by atoms with Gasteiger partial charge in [0.2, 0.25) is 0 Å². The molecule has 3 aromatic rings. The molecule has 0 bridgehead atoms. The zero-order chi connectivity index (χ0) is 15.5. The van der Waals surface area contributed by atoms with Crippen molar-refractivity contribution in [2.24, 2.45) is 0 Å². The van der Waals surface area contributed by atoms with Crippen molar-refractivity contribution in [3.8, 4) is 11.1 Å². The van der Waals surface area contributed by atoms with Gasteiger partial charge in [-0.3, -0.25) is 4.98 Å². The topological polar surface area (TPSA) is 43.5 Å². The van der Waals surface area contributed by atoms with E-state index in [-0.39, 0.29) is 5.97 Å². The largest absolute Gasteiger partial charge is 0.465 e. The first-order valence-electron chi connectivity index (χ1n) is 6.68. The van der Waals surface area contributed by atoms with Crippen LogP contribution in [0.4, 0.5) is 5.69 Å². The van der Waals surface area contributed by atoms with Crippen molar-refractivity contribution in [2.45, 2.75) is 0 Å². The lowest BCUT2D eigenvalue weighted by Gasteiger charge is -2.08. The van der Waals surface area contributed by atoms with Crippen LogP contribution in [0, 0.1) is 6.57 Å². The fourth-order valence-electron chi connectivity index (χ4n) is 2.36. The predicted octanol–water partition coefficient (Wildman–Crippen LogP) is 4.24. The van der Waals surface area contributed by atoms with Gasteiger partial charge in [0.05, 0.1) is 24.8 Å². The average molecular weight is 288 g/mol. The van der Waals surface area contributed by atoms with E-state index in [0.29, 0.717) is 11.3 Å². The van der Waals surface area contributed by atoms with Gasteiger partial charge in [0, 0.05) is 11.6 Å². The number of carbonyl (C=O) groups excluding carboxylic acids is 1. The van der Waals surface area contributed by atoms with Crippen LogP contribution in [0.3, 0.4) is 0 Å². The Morgan fingerprint density at radius 3 is 2.59 bits per heavy atom. The Bertz CT molecular complexity index is 893. The van der Waals surface area contributed by atoms with Gasteiger partial charge < -0.3 is 4.74 Å². The third kappa shape index (κ3) is 2.40. The molecule has 106 valence electrons. The second kappa shape index (κ2) is 5.66. The quantitative estimate of drug-likeness (QED) is 0.523. The second-order valence-electron chi connectivity index (χ2n) is 4.74. The van der Waals surface area contributed by atoms with E-state index in [1.54, 1.807) is 36.5 Å². The molecule has 1 heterocycles. The minimum absolute atomic E-state index is 0.375. The molecular weight excluding hydrogens is 276 g/mol. The maximum absolute atomic E-state index is 11.7. The third-order valence-electron chi connectivity index (χ3n) is 3.47. The summed E-state index contributed by atoms with van der Waals surface area (Å²) in [6, 6.07) is 14.5. The molecule has 0 spiro atoms. The lowest BCUT2D eigenvalue weighted by molar-refractivity contribution is 0.0601. The molecule has 0 aliphatic carbocycles. The first kappa shape index (κ1) is 13.8. The number of nitrogens with zero attached hydrogens (tertiary/aromatic N) is 2. The van der Waals surface area contributed by atoms with Gasteiger partial charge in [-0.25, -0.2) is 9.64 Å². The molecule has 0 aliphatic rings. The number of aromatic nitrogens is 1. The highest BCUT2D eigenvalue weighted by molar-refractivity contribution is 6.00. The number of methoxy groups -OCH3 is 1. The molecule has 1 aromatic heterocycles. The van der Waals surface area contributed by atoms with E-state index in [1.807, 2.05) is 18.2 Å². The monoisotopic (exact) mass is 288 g/mol. The molecule has 0 unspecified atom stereocenters. The van der Waals surface area contributed by atoms with Crippen molar-refractivity contribution >= 4 is 22.6 Å². The molecule has 22 heavy (non-hydrogen) atoms. The fourth-order valence-corrected chi connectivity index (χ4v) is 2.36. The SMILES string of the molecule is [C-]#[N+]c1ccc(-c2ccnc3ccc(C(=O)OC)cc23)cc1. The van der Waals surface area contributed by atoms with Gasteiger partial charge in [0.25, 0.3) is 0 Å². The number of hydrogen-bond donors (Lipinski definition) is 0. The molecule has 0 aliphatic heterocycles. The lowest BCUT2D eigenvalue weighted by atomic mass is 9.99. The minimum Gasteiger partial charge on any atom is -0.465 e. The van der Waals surface area contributed by atoms with Crippen molar-refractivity contribution in [3.05, 3.63) is 71.7 Å². The highest BCUT2D eigenvalue weighted by Gasteiger charge is 2.10. The van der Waals surface area contributed by atoms with Crippen molar-refractivity contribution in [3.63, 3.8) is 0 Å². The summed E-state index contributed by atoms with van der Waals surface area (Å²) in [4.78, 5) is 19.4. The second-order valence-corrected chi connectivity index (χ2v) is 4.74. The van der Waals surface area contributed by atoms with Gasteiger partial charge in [0.1, 0.15) is 0 Å². The van der Waals surface area contributed by atoms with E-state index in [2.05, 4.69) is 9.83 Å². The van der Waals surface area contributed by atoms with Crippen molar-refractivity contribution in [1.29, 1.82) is 0 Å². The highest BCUT2D eigenvalue weighted by Crippen LogP contribution is 2.29. The van der Waals surface area contributed by atoms with E-state index in [1.165, 1.54) is 7.11 Å². The first-order chi connectivity index (χ1) is 10.7. The Morgan fingerprint density at radius 2 is 1.91 bits per heavy atom. The smallest absolute Gasteiger partial charge is 0.337 e. The van der Waals surface area contributed by atoms with Gasteiger partial charge in [0.15, 0.2) is 5.69 Å². The Labute approximate surface area is 127 Å². The Kier molecular flexibility index (Phi) is 3.55. The van der Waals surface area contributed by atoms with Crippen LogP contribution in [0.5, 0.6) is 0 Å². The predicted molar refractivity (Wildman–Crippen MR) is 84.8 cm³/mol. The number of rotatable bonds is 2. The fraction of sp³-hybridized carbons (Fsp3) is 0.0556. The van der Waals surface area contributed by atoms with Gasteiger partial charge in [-0.15, -0.1) is 0 Å². The molecule has 4 nitrogen and oxygen atoms in total.